The molecule has 2 aromatic rings. The van der Waals surface area contributed by atoms with Gasteiger partial charge in [-0.05, 0) is 23.6 Å². The number of sulfonamides is 1. The molecule has 0 amide bonds. The fourth-order valence-electron chi connectivity index (χ4n) is 2.80. The molecule has 1 aromatic heterocycles. The van der Waals surface area contributed by atoms with Gasteiger partial charge in [0.25, 0.3) is 0 Å². The Balaban J connectivity index is 1.61. The summed E-state index contributed by atoms with van der Waals surface area (Å²) in [5.74, 6) is 0. The van der Waals surface area contributed by atoms with Crippen LogP contribution in [0.15, 0.2) is 41.4 Å². The Morgan fingerprint density at radius 1 is 1.17 bits per heavy atom. The number of hydrogen-bond acceptors (Lipinski definition) is 4. The van der Waals surface area contributed by atoms with Crippen molar-refractivity contribution in [1.29, 1.82) is 0 Å². The lowest BCUT2D eigenvalue weighted by atomic mass is 10.0. The summed E-state index contributed by atoms with van der Waals surface area (Å²) in [6, 6.07) is 9.73. The molecule has 24 heavy (non-hydrogen) atoms. The Morgan fingerprint density at radius 3 is 2.67 bits per heavy atom. The Morgan fingerprint density at radius 2 is 1.92 bits per heavy atom. The van der Waals surface area contributed by atoms with Gasteiger partial charge in [-0.25, -0.2) is 18.1 Å². The Kier molecular flexibility index (Phi) is 5.42. The van der Waals surface area contributed by atoms with E-state index in [1.54, 1.807) is 0 Å². The summed E-state index contributed by atoms with van der Waals surface area (Å²) in [5, 5.41) is -0.0590. The molecule has 1 aliphatic rings. The van der Waals surface area contributed by atoms with Crippen LogP contribution in [-0.4, -0.2) is 37.9 Å². The fraction of sp³-hybridized carbons (Fsp3) is 0.312. The topological polar surface area (TPSA) is 62.3 Å². The van der Waals surface area contributed by atoms with E-state index in [0.717, 1.165) is 19.5 Å². The highest BCUT2D eigenvalue weighted by Gasteiger charge is 2.23. The summed E-state index contributed by atoms with van der Waals surface area (Å²) in [5.41, 5.74) is 2.66. The lowest BCUT2D eigenvalue weighted by molar-refractivity contribution is 0.258. The standard InChI is InChI=1S/C16H17Cl2N3O2S/c17-14-5-7-19-16(18)15(14)24(22,23)20-8-10-21-9-6-12-3-1-2-4-13(12)11-21/h1-5,7,20H,6,8-11H2. The number of fused-ring (bicyclic) bond motifs is 1. The average molecular weight is 386 g/mol. The molecule has 2 heterocycles. The van der Waals surface area contributed by atoms with Crippen molar-refractivity contribution in [2.24, 2.45) is 0 Å². The van der Waals surface area contributed by atoms with E-state index in [-0.39, 0.29) is 21.6 Å². The number of hydrogen-bond donors (Lipinski definition) is 1. The molecule has 0 aliphatic carbocycles. The van der Waals surface area contributed by atoms with E-state index in [9.17, 15) is 8.42 Å². The number of pyridine rings is 1. The SMILES string of the molecule is O=S(=O)(NCCN1CCc2ccccc2C1)c1c(Cl)ccnc1Cl. The molecular formula is C16H17Cl2N3O2S. The average Bonchev–Trinajstić information content (AvgIpc) is 2.54. The first-order chi connectivity index (χ1) is 11.5. The quantitative estimate of drug-likeness (QED) is 0.803. The van der Waals surface area contributed by atoms with Crippen LogP contribution in [0, 0.1) is 0 Å². The van der Waals surface area contributed by atoms with Gasteiger partial charge in [0.15, 0.2) is 5.15 Å². The molecule has 8 heteroatoms. The predicted octanol–water partition coefficient (Wildman–Crippen LogP) is 2.73. The summed E-state index contributed by atoms with van der Waals surface area (Å²) in [6.45, 7) is 2.63. The largest absolute Gasteiger partial charge is 0.297 e. The molecule has 0 bridgehead atoms. The van der Waals surface area contributed by atoms with Crippen LogP contribution in [0.2, 0.25) is 10.2 Å². The smallest absolute Gasteiger partial charge is 0.245 e. The van der Waals surface area contributed by atoms with Gasteiger partial charge in [0, 0.05) is 32.4 Å². The highest BCUT2D eigenvalue weighted by Crippen LogP contribution is 2.26. The third-order valence-electron chi connectivity index (χ3n) is 4.01. The van der Waals surface area contributed by atoms with Gasteiger partial charge in [0.05, 0.1) is 5.02 Å². The van der Waals surface area contributed by atoms with Crippen LogP contribution in [-0.2, 0) is 23.0 Å². The molecule has 0 spiro atoms. The number of aromatic nitrogens is 1. The molecule has 128 valence electrons. The first-order valence-corrected chi connectivity index (χ1v) is 9.80. The molecular weight excluding hydrogens is 369 g/mol. The highest BCUT2D eigenvalue weighted by atomic mass is 35.5. The van der Waals surface area contributed by atoms with Crippen molar-refractivity contribution >= 4 is 33.2 Å². The summed E-state index contributed by atoms with van der Waals surface area (Å²) in [6.07, 6.45) is 2.35. The maximum Gasteiger partial charge on any atom is 0.245 e. The summed E-state index contributed by atoms with van der Waals surface area (Å²) in [7, 11) is -3.79. The lowest BCUT2D eigenvalue weighted by Crippen LogP contribution is -2.37. The van der Waals surface area contributed by atoms with Crippen molar-refractivity contribution in [1.82, 2.24) is 14.6 Å². The second-order valence-corrected chi connectivity index (χ2v) is 8.07. The normalized spacial score (nSPS) is 15.2. The van der Waals surface area contributed by atoms with E-state index >= 15 is 0 Å². The van der Waals surface area contributed by atoms with E-state index < -0.39 is 10.0 Å². The Labute approximate surface area is 151 Å². The van der Waals surface area contributed by atoms with E-state index in [2.05, 4.69) is 26.7 Å². The van der Waals surface area contributed by atoms with E-state index in [1.165, 1.54) is 23.4 Å². The van der Waals surface area contributed by atoms with Crippen LogP contribution in [0.25, 0.3) is 0 Å². The van der Waals surface area contributed by atoms with Crippen molar-refractivity contribution < 1.29 is 8.42 Å². The van der Waals surface area contributed by atoms with Gasteiger partial charge in [-0.1, -0.05) is 47.5 Å². The van der Waals surface area contributed by atoms with Crippen LogP contribution in [0.5, 0.6) is 0 Å². The first-order valence-electron chi connectivity index (χ1n) is 7.56. The molecule has 0 fully saturated rings. The molecule has 1 aliphatic heterocycles. The van der Waals surface area contributed by atoms with E-state index in [1.807, 2.05) is 12.1 Å². The van der Waals surface area contributed by atoms with Gasteiger partial charge in [0.1, 0.15) is 4.90 Å². The second kappa shape index (κ2) is 7.37. The highest BCUT2D eigenvalue weighted by molar-refractivity contribution is 7.89. The predicted molar refractivity (Wildman–Crippen MR) is 94.9 cm³/mol. The van der Waals surface area contributed by atoms with Gasteiger partial charge in [0.2, 0.25) is 10.0 Å². The van der Waals surface area contributed by atoms with Crippen molar-refractivity contribution in [3.8, 4) is 0 Å². The minimum Gasteiger partial charge on any atom is -0.297 e. The van der Waals surface area contributed by atoms with Crippen LogP contribution in [0.1, 0.15) is 11.1 Å². The van der Waals surface area contributed by atoms with Gasteiger partial charge in [-0.3, -0.25) is 4.90 Å². The third-order valence-corrected chi connectivity index (χ3v) is 6.37. The molecule has 3 rings (SSSR count). The summed E-state index contributed by atoms with van der Waals surface area (Å²) >= 11 is 11.8. The maximum absolute atomic E-state index is 12.4. The zero-order valence-corrected chi connectivity index (χ0v) is 15.2. The maximum atomic E-state index is 12.4. The fourth-order valence-corrected chi connectivity index (χ4v) is 4.86. The first kappa shape index (κ1) is 17.6. The Bertz CT molecular complexity index is 823. The summed E-state index contributed by atoms with van der Waals surface area (Å²) < 4.78 is 27.3. The summed E-state index contributed by atoms with van der Waals surface area (Å²) in [4.78, 5) is 5.83. The van der Waals surface area contributed by atoms with Gasteiger partial charge in [-0.2, -0.15) is 0 Å². The lowest BCUT2D eigenvalue weighted by Gasteiger charge is -2.28. The zero-order chi connectivity index (χ0) is 17.2. The number of nitrogens with zero attached hydrogens (tertiary/aromatic N) is 2. The number of halogens is 2. The van der Waals surface area contributed by atoms with Crippen molar-refractivity contribution in [2.45, 2.75) is 17.9 Å². The van der Waals surface area contributed by atoms with Crippen molar-refractivity contribution in [3.05, 3.63) is 57.8 Å². The zero-order valence-electron chi connectivity index (χ0n) is 12.9. The molecule has 0 unspecified atom stereocenters. The molecule has 0 saturated heterocycles. The molecule has 1 aromatic carbocycles. The van der Waals surface area contributed by atoms with Crippen molar-refractivity contribution in [3.63, 3.8) is 0 Å². The minimum atomic E-state index is -3.79. The molecule has 5 nitrogen and oxygen atoms in total. The van der Waals surface area contributed by atoms with Crippen LogP contribution in [0.3, 0.4) is 0 Å². The van der Waals surface area contributed by atoms with E-state index in [4.69, 9.17) is 23.2 Å². The van der Waals surface area contributed by atoms with E-state index in [0.29, 0.717) is 6.54 Å². The molecule has 0 saturated carbocycles. The van der Waals surface area contributed by atoms with Crippen molar-refractivity contribution in [2.75, 3.05) is 19.6 Å². The van der Waals surface area contributed by atoms with Crippen LogP contribution < -0.4 is 4.72 Å². The number of rotatable bonds is 5. The second-order valence-electron chi connectivity index (χ2n) is 5.61. The van der Waals surface area contributed by atoms with Crippen LogP contribution >= 0.6 is 23.2 Å². The van der Waals surface area contributed by atoms with Gasteiger partial charge < -0.3 is 0 Å². The molecule has 1 N–H and O–H groups in total. The third kappa shape index (κ3) is 3.90. The molecule has 0 radical (unpaired) electrons. The minimum absolute atomic E-state index is 0.0643. The monoisotopic (exact) mass is 385 g/mol. The van der Waals surface area contributed by atoms with Gasteiger partial charge in [-0.15, -0.1) is 0 Å². The van der Waals surface area contributed by atoms with Crippen LogP contribution in [0.4, 0.5) is 0 Å². The molecule has 0 atom stereocenters. The Hall–Kier alpha value is -1.18. The van der Waals surface area contributed by atoms with Gasteiger partial charge >= 0.3 is 0 Å². The number of nitrogens with one attached hydrogen (secondary N) is 1. The number of benzene rings is 1.